The lowest BCUT2D eigenvalue weighted by Gasteiger charge is -2.13. The Balaban J connectivity index is 1.84. The monoisotopic (exact) mass is 231 g/mol. The van der Waals surface area contributed by atoms with Crippen LogP contribution in [0.2, 0.25) is 0 Å². The molecule has 2 unspecified atom stereocenters. The fourth-order valence-electron chi connectivity index (χ4n) is 1.90. The van der Waals surface area contributed by atoms with Crippen molar-refractivity contribution < 1.29 is 4.74 Å². The summed E-state index contributed by atoms with van der Waals surface area (Å²) in [6, 6.07) is 0.679. The summed E-state index contributed by atoms with van der Waals surface area (Å²) in [5, 5.41) is 3.55. The molecule has 0 amide bonds. The van der Waals surface area contributed by atoms with Gasteiger partial charge in [-0.1, -0.05) is 13.3 Å². The minimum Gasteiger partial charge on any atom is -0.377 e. The lowest BCUT2D eigenvalue weighted by Crippen LogP contribution is -2.28. The average molecular weight is 231 g/mol. The first-order valence-electron chi connectivity index (χ1n) is 6.25. The summed E-state index contributed by atoms with van der Waals surface area (Å²) >= 11 is 2.02. The van der Waals surface area contributed by atoms with E-state index in [1.54, 1.807) is 0 Å². The maximum Gasteiger partial charge on any atom is 0.0666 e. The van der Waals surface area contributed by atoms with Crippen LogP contribution in [0.5, 0.6) is 0 Å². The second-order valence-electron chi connectivity index (χ2n) is 4.35. The van der Waals surface area contributed by atoms with Crippen LogP contribution in [0.15, 0.2) is 0 Å². The van der Waals surface area contributed by atoms with Crippen molar-refractivity contribution in [2.24, 2.45) is 0 Å². The SMILES string of the molecule is CCCC(C)NCCSCC1CCCO1. The van der Waals surface area contributed by atoms with Gasteiger partial charge in [0, 0.05) is 30.7 Å². The molecule has 1 fully saturated rings. The van der Waals surface area contributed by atoms with Crippen molar-refractivity contribution >= 4 is 11.8 Å². The van der Waals surface area contributed by atoms with E-state index < -0.39 is 0 Å². The molecule has 15 heavy (non-hydrogen) atoms. The first-order valence-corrected chi connectivity index (χ1v) is 7.41. The zero-order chi connectivity index (χ0) is 10.9. The van der Waals surface area contributed by atoms with E-state index in [0.29, 0.717) is 12.1 Å². The van der Waals surface area contributed by atoms with Crippen molar-refractivity contribution in [3.8, 4) is 0 Å². The highest BCUT2D eigenvalue weighted by Gasteiger charge is 2.14. The summed E-state index contributed by atoms with van der Waals surface area (Å²) < 4.78 is 5.58. The highest BCUT2D eigenvalue weighted by atomic mass is 32.2. The minimum atomic E-state index is 0.545. The van der Waals surface area contributed by atoms with Gasteiger partial charge in [-0.3, -0.25) is 0 Å². The molecule has 1 aliphatic rings. The van der Waals surface area contributed by atoms with E-state index in [1.165, 1.54) is 37.2 Å². The maximum atomic E-state index is 5.58. The number of hydrogen-bond donors (Lipinski definition) is 1. The third-order valence-corrected chi connectivity index (χ3v) is 3.89. The molecule has 3 heteroatoms. The Kier molecular flexibility index (Phi) is 7.49. The van der Waals surface area contributed by atoms with Gasteiger partial charge in [0.15, 0.2) is 0 Å². The molecule has 1 saturated heterocycles. The van der Waals surface area contributed by atoms with E-state index in [0.717, 1.165) is 13.2 Å². The summed E-state index contributed by atoms with van der Waals surface area (Å²) in [5.74, 6) is 2.40. The van der Waals surface area contributed by atoms with Gasteiger partial charge in [0.2, 0.25) is 0 Å². The van der Waals surface area contributed by atoms with Gasteiger partial charge in [0.1, 0.15) is 0 Å². The average Bonchev–Trinajstić information content (AvgIpc) is 2.70. The van der Waals surface area contributed by atoms with Crippen LogP contribution in [0.3, 0.4) is 0 Å². The summed E-state index contributed by atoms with van der Waals surface area (Å²) in [5.41, 5.74) is 0. The van der Waals surface area contributed by atoms with Gasteiger partial charge in [-0.25, -0.2) is 0 Å². The molecule has 1 N–H and O–H groups in total. The first kappa shape index (κ1) is 13.3. The standard InChI is InChI=1S/C12H25NOS/c1-3-5-11(2)13-7-9-15-10-12-6-4-8-14-12/h11-13H,3-10H2,1-2H3. The molecule has 0 saturated carbocycles. The molecule has 1 heterocycles. The van der Waals surface area contributed by atoms with Gasteiger partial charge in [-0.2, -0.15) is 11.8 Å². The fourth-order valence-corrected chi connectivity index (χ4v) is 2.86. The lowest BCUT2D eigenvalue weighted by molar-refractivity contribution is 0.129. The Morgan fingerprint density at radius 2 is 2.40 bits per heavy atom. The Morgan fingerprint density at radius 1 is 1.53 bits per heavy atom. The Labute approximate surface area is 98.5 Å². The van der Waals surface area contributed by atoms with Gasteiger partial charge in [0.25, 0.3) is 0 Å². The zero-order valence-electron chi connectivity index (χ0n) is 10.1. The highest BCUT2D eigenvalue weighted by Crippen LogP contribution is 2.16. The van der Waals surface area contributed by atoms with Crippen LogP contribution in [-0.2, 0) is 4.74 Å². The van der Waals surface area contributed by atoms with E-state index in [2.05, 4.69) is 19.2 Å². The van der Waals surface area contributed by atoms with Crippen molar-refractivity contribution in [3.63, 3.8) is 0 Å². The Morgan fingerprint density at radius 3 is 3.07 bits per heavy atom. The molecule has 90 valence electrons. The second-order valence-corrected chi connectivity index (χ2v) is 5.50. The summed E-state index contributed by atoms with van der Waals surface area (Å²) in [6.45, 7) is 6.63. The number of ether oxygens (including phenoxy) is 1. The van der Waals surface area contributed by atoms with Crippen LogP contribution in [-0.4, -0.2) is 36.8 Å². The molecule has 2 atom stereocenters. The van der Waals surface area contributed by atoms with Crippen molar-refractivity contribution in [2.45, 2.75) is 51.7 Å². The van der Waals surface area contributed by atoms with Crippen LogP contribution >= 0.6 is 11.8 Å². The molecule has 1 aliphatic heterocycles. The van der Waals surface area contributed by atoms with Gasteiger partial charge in [0.05, 0.1) is 6.10 Å². The number of nitrogens with one attached hydrogen (secondary N) is 1. The maximum absolute atomic E-state index is 5.58. The van der Waals surface area contributed by atoms with Gasteiger partial charge >= 0.3 is 0 Å². The van der Waals surface area contributed by atoms with Crippen molar-refractivity contribution in [1.29, 1.82) is 0 Å². The number of thioether (sulfide) groups is 1. The van der Waals surface area contributed by atoms with Crippen molar-refractivity contribution in [3.05, 3.63) is 0 Å². The van der Waals surface area contributed by atoms with E-state index >= 15 is 0 Å². The van der Waals surface area contributed by atoms with Crippen molar-refractivity contribution in [2.75, 3.05) is 24.7 Å². The first-order chi connectivity index (χ1) is 7.33. The van der Waals surface area contributed by atoms with Crippen LogP contribution in [0.1, 0.15) is 39.5 Å². The molecule has 0 aromatic heterocycles. The summed E-state index contributed by atoms with van der Waals surface area (Å²) in [4.78, 5) is 0. The third kappa shape index (κ3) is 6.44. The van der Waals surface area contributed by atoms with E-state index in [-0.39, 0.29) is 0 Å². The van der Waals surface area contributed by atoms with Gasteiger partial charge < -0.3 is 10.1 Å². The molecule has 0 bridgehead atoms. The highest BCUT2D eigenvalue weighted by molar-refractivity contribution is 7.99. The zero-order valence-corrected chi connectivity index (χ0v) is 10.9. The normalized spacial score (nSPS) is 23.2. The predicted molar refractivity (Wildman–Crippen MR) is 68.7 cm³/mol. The lowest BCUT2D eigenvalue weighted by atomic mass is 10.2. The smallest absolute Gasteiger partial charge is 0.0666 e. The quantitative estimate of drug-likeness (QED) is 0.649. The minimum absolute atomic E-state index is 0.545. The summed E-state index contributed by atoms with van der Waals surface area (Å²) in [7, 11) is 0. The largest absolute Gasteiger partial charge is 0.377 e. The Bertz CT molecular complexity index is 149. The Hall–Kier alpha value is 0.270. The third-order valence-electron chi connectivity index (χ3n) is 2.79. The summed E-state index contributed by atoms with van der Waals surface area (Å²) in [6.07, 6.45) is 5.64. The molecule has 0 radical (unpaired) electrons. The number of hydrogen-bond acceptors (Lipinski definition) is 3. The second kappa shape index (κ2) is 8.43. The molecule has 2 nitrogen and oxygen atoms in total. The van der Waals surface area contributed by atoms with Crippen LogP contribution in [0, 0.1) is 0 Å². The van der Waals surface area contributed by atoms with Crippen LogP contribution in [0.25, 0.3) is 0 Å². The topological polar surface area (TPSA) is 21.3 Å². The fraction of sp³-hybridized carbons (Fsp3) is 1.00. The molecule has 0 aliphatic carbocycles. The molecular weight excluding hydrogens is 206 g/mol. The van der Waals surface area contributed by atoms with Crippen LogP contribution < -0.4 is 5.32 Å². The molecule has 0 aromatic rings. The molecule has 0 aromatic carbocycles. The van der Waals surface area contributed by atoms with Gasteiger partial charge in [-0.15, -0.1) is 0 Å². The predicted octanol–water partition coefficient (Wildman–Crippen LogP) is 2.68. The van der Waals surface area contributed by atoms with Crippen LogP contribution in [0.4, 0.5) is 0 Å². The van der Waals surface area contributed by atoms with Gasteiger partial charge in [-0.05, 0) is 26.2 Å². The van der Waals surface area contributed by atoms with Crippen molar-refractivity contribution in [1.82, 2.24) is 5.32 Å². The molecule has 0 spiro atoms. The molecular formula is C12H25NOS. The van der Waals surface area contributed by atoms with E-state index in [9.17, 15) is 0 Å². The molecule has 1 rings (SSSR count). The van der Waals surface area contributed by atoms with E-state index in [1.807, 2.05) is 11.8 Å². The van der Waals surface area contributed by atoms with E-state index in [4.69, 9.17) is 4.74 Å². The number of rotatable bonds is 8.